The SMILES string of the molecule is CCOc1cc2c(cc1CNC(=O)C[NH+](C)CC(=O)NC(C)C)O[C@@H](C)C2. The van der Waals surface area contributed by atoms with Gasteiger partial charge >= 0.3 is 0 Å². The monoisotopic (exact) mass is 378 g/mol. The van der Waals surface area contributed by atoms with Crippen LogP contribution in [0.1, 0.15) is 38.8 Å². The topological polar surface area (TPSA) is 81.1 Å². The lowest BCUT2D eigenvalue weighted by atomic mass is 10.1. The predicted octanol–water partition coefficient (Wildman–Crippen LogP) is 0.0642. The summed E-state index contributed by atoms with van der Waals surface area (Å²) in [6.07, 6.45) is 1.03. The molecule has 7 heteroatoms. The number of ether oxygens (including phenoxy) is 2. The molecule has 0 spiro atoms. The number of quaternary nitrogens is 1. The van der Waals surface area contributed by atoms with Crippen LogP contribution in [0.15, 0.2) is 12.1 Å². The minimum atomic E-state index is -0.109. The van der Waals surface area contributed by atoms with Gasteiger partial charge in [-0.3, -0.25) is 9.59 Å². The standard InChI is InChI=1S/C20H31N3O4/c1-6-26-17-8-15-7-14(4)27-18(15)9-16(17)10-21-19(24)11-23(5)12-20(25)22-13(2)3/h8-9,13-14H,6-7,10-12H2,1-5H3,(H,21,24)(H,22,25)/p+1/t14-/m0/s1. The van der Waals surface area contributed by atoms with Crippen molar-refractivity contribution in [3.8, 4) is 11.5 Å². The maximum Gasteiger partial charge on any atom is 0.275 e. The molecule has 1 aliphatic heterocycles. The molecular weight excluding hydrogens is 346 g/mol. The van der Waals surface area contributed by atoms with Gasteiger partial charge in [-0.15, -0.1) is 0 Å². The van der Waals surface area contributed by atoms with E-state index in [2.05, 4.69) is 10.6 Å². The van der Waals surface area contributed by atoms with Gasteiger partial charge in [0.2, 0.25) is 0 Å². The van der Waals surface area contributed by atoms with E-state index in [4.69, 9.17) is 9.47 Å². The van der Waals surface area contributed by atoms with Gasteiger partial charge in [0.1, 0.15) is 17.6 Å². The molecule has 3 N–H and O–H groups in total. The lowest BCUT2D eigenvalue weighted by Gasteiger charge is -2.16. The Morgan fingerprint density at radius 1 is 1.30 bits per heavy atom. The molecule has 2 atom stereocenters. The van der Waals surface area contributed by atoms with Crippen molar-refractivity contribution in [1.82, 2.24) is 10.6 Å². The summed E-state index contributed by atoms with van der Waals surface area (Å²) >= 11 is 0. The summed E-state index contributed by atoms with van der Waals surface area (Å²) in [5.74, 6) is 1.48. The number of hydrogen-bond acceptors (Lipinski definition) is 4. The third-order valence-electron chi connectivity index (χ3n) is 4.23. The van der Waals surface area contributed by atoms with E-state index in [0.29, 0.717) is 13.2 Å². The molecule has 2 rings (SSSR count). The minimum Gasteiger partial charge on any atom is -0.494 e. The zero-order valence-electron chi connectivity index (χ0n) is 17.0. The number of likely N-dealkylation sites (N-methyl/N-ethyl adjacent to an activating group) is 1. The van der Waals surface area contributed by atoms with E-state index in [1.807, 2.05) is 46.9 Å². The van der Waals surface area contributed by atoms with Gasteiger partial charge in [-0.1, -0.05) is 0 Å². The molecule has 0 radical (unpaired) electrons. The van der Waals surface area contributed by atoms with E-state index >= 15 is 0 Å². The van der Waals surface area contributed by atoms with Crippen LogP contribution in [0.3, 0.4) is 0 Å². The molecule has 0 fully saturated rings. The molecule has 1 aromatic carbocycles. The molecule has 1 unspecified atom stereocenters. The molecule has 7 nitrogen and oxygen atoms in total. The Hall–Kier alpha value is -2.28. The van der Waals surface area contributed by atoms with Crippen molar-refractivity contribution in [3.63, 3.8) is 0 Å². The number of rotatable bonds is 9. The molecule has 27 heavy (non-hydrogen) atoms. The normalized spacial score (nSPS) is 16.4. The Labute approximate surface area is 161 Å². The molecule has 0 saturated heterocycles. The van der Waals surface area contributed by atoms with Crippen molar-refractivity contribution in [2.24, 2.45) is 0 Å². The van der Waals surface area contributed by atoms with Crippen LogP contribution in [-0.4, -0.2) is 50.7 Å². The van der Waals surface area contributed by atoms with Gasteiger partial charge in [0.15, 0.2) is 13.1 Å². The zero-order valence-corrected chi connectivity index (χ0v) is 17.0. The van der Waals surface area contributed by atoms with Crippen LogP contribution in [0.5, 0.6) is 11.5 Å². The van der Waals surface area contributed by atoms with Gasteiger partial charge in [0.25, 0.3) is 11.8 Å². The fourth-order valence-electron chi connectivity index (χ4n) is 3.15. The van der Waals surface area contributed by atoms with E-state index in [9.17, 15) is 9.59 Å². The van der Waals surface area contributed by atoms with Gasteiger partial charge in [-0.2, -0.15) is 0 Å². The molecule has 0 saturated carbocycles. The molecule has 1 aliphatic rings. The first-order valence-electron chi connectivity index (χ1n) is 9.61. The Bertz CT molecular complexity index is 675. The predicted molar refractivity (Wildman–Crippen MR) is 103 cm³/mol. The summed E-state index contributed by atoms with van der Waals surface area (Å²) in [6, 6.07) is 4.06. The first kappa shape index (κ1) is 21.0. The number of nitrogens with one attached hydrogen (secondary N) is 3. The van der Waals surface area contributed by atoms with Crippen molar-refractivity contribution < 1.29 is 24.0 Å². The van der Waals surface area contributed by atoms with Crippen LogP contribution >= 0.6 is 0 Å². The van der Waals surface area contributed by atoms with E-state index in [1.165, 1.54) is 0 Å². The molecular formula is C20H32N3O4+. The van der Waals surface area contributed by atoms with E-state index < -0.39 is 0 Å². The maximum absolute atomic E-state index is 12.2. The molecule has 1 heterocycles. The third-order valence-corrected chi connectivity index (χ3v) is 4.23. The Kier molecular flexibility index (Phi) is 7.47. The fraction of sp³-hybridized carbons (Fsp3) is 0.600. The number of carbonyl (C=O) groups excluding carboxylic acids is 2. The molecule has 2 amide bonds. The summed E-state index contributed by atoms with van der Waals surface area (Å²) in [6.45, 7) is 9.23. The van der Waals surface area contributed by atoms with Crippen molar-refractivity contribution in [2.45, 2.75) is 52.8 Å². The molecule has 150 valence electrons. The van der Waals surface area contributed by atoms with Crippen molar-refractivity contribution in [2.75, 3.05) is 26.7 Å². The smallest absolute Gasteiger partial charge is 0.275 e. The molecule has 0 aliphatic carbocycles. The first-order valence-corrected chi connectivity index (χ1v) is 9.61. The Morgan fingerprint density at radius 3 is 2.67 bits per heavy atom. The molecule has 0 aromatic heterocycles. The summed E-state index contributed by atoms with van der Waals surface area (Å²) in [7, 11) is 1.83. The summed E-state index contributed by atoms with van der Waals surface area (Å²) in [5, 5.41) is 5.75. The van der Waals surface area contributed by atoms with Gasteiger partial charge in [-0.05, 0) is 39.8 Å². The van der Waals surface area contributed by atoms with Gasteiger partial charge in [0.05, 0.1) is 13.7 Å². The number of benzene rings is 1. The van der Waals surface area contributed by atoms with Crippen LogP contribution in [0, 0.1) is 0 Å². The van der Waals surface area contributed by atoms with E-state index in [0.717, 1.165) is 33.9 Å². The number of carbonyl (C=O) groups is 2. The highest BCUT2D eigenvalue weighted by Crippen LogP contribution is 2.35. The molecule has 1 aromatic rings. The third kappa shape index (κ3) is 6.43. The highest BCUT2D eigenvalue weighted by atomic mass is 16.5. The quantitative estimate of drug-likeness (QED) is 0.568. The number of fused-ring (bicyclic) bond motifs is 1. The van der Waals surface area contributed by atoms with Gasteiger partial charge in [0, 0.05) is 30.1 Å². The lowest BCUT2D eigenvalue weighted by Crippen LogP contribution is -3.11. The van der Waals surface area contributed by atoms with Crippen LogP contribution in [0.25, 0.3) is 0 Å². The van der Waals surface area contributed by atoms with Crippen LogP contribution in [-0.2, 0) is 22.6 Å². The summed E-state index contributed by atoms with van der Waals surface area (Å²) < 4.78 is 11.5. The van der Waals surface area contributed by atoms with Crippen molar-refractivity contribution in [3.05, 3.63) is 23.3 Å². The van der Waals surface area contributed by atoms with Crippen LogP contribution in [0.2, 0.25) is 0 Å². The highest BCUT2D eigenvalue weighted by Gasteiger charge is 2.22. The highest BCUT2D eigenvalue weighted by molar-refractivity contribution is 5.79. The van der Waals surface area contributed by atoms with Gasteiger partial charge < -0.3 is 25.0 Å². The summed E-state index contributed by atoms with van der Waals surface area (Å²) in [4.78, 5) is 24.9. The van der Waals surface area contributed by atoms with Crippen LogP contribution < -0.4 is 25.0 Å². The van der Waals surface area contributed by atoms with Crippen molar-refractivity contribution >= 4 is 11.8 Å². The second-order valence-corrected chi connectivity index (χ2v) is 7.44. The lowest BCUT2D eigenvalue weighted by molar-refractivity contribution is -0.862. The Morgan fingerprint density at radius 2 is 2.00 bits per heavy atom. The number of hydrogen-bond donors (Lipinski definition) is 3. The average Bonchev–Trinajstić information content (AvgIpc) is 2.90. The Balaban J connectivity index is 1.91. The van der Waals surface area contributed by atoms with Crippen LogP contribution in [0.4, 0.5) is 0 Å². The average molecular weight is 378 g/mol. The maximum atomic E-state index is 12.2. The van der Waals surface area contributed by atoms with Crippen molar-refractivity contribution in [1.29, 1.82) is 0 Å². The fourth-order valence-corrected chi connectivity index (χ4v) is 3.15. The minimum absolute atomic E-state index is 0.0566. The zero-order chi connectivity index (χ0) is 20.0. The van der Waals surface area contributed by atoms with Gasteiger partial charge in [-0.25, -0.2) is 0 Å². The molecule has 0 bridgehead atoms. The number of amides is 2. The first-order chi connectivity index (χ1) is 12.8. The second-order valence-electron chi connectivity index (χ2n) is 7.44. The van der Waals surface area contributed by atoms with E-state index in [-0.39, 0.29) is 37.0 Å². The second kappa shape index (κ2) is 9.60. The van der Waals surface area contributed by atoms with E-state index in [1.54, 1.807) is 0 Å². The largest absolute Gasteiger partial charge is 0.494 e. The summed E-state index contributed by atoms with van der Waals surface area (Å²) in [5.41, 5.74) is 2.04.